The van der Waals surface area contributed by atoms with Crippen molar-refractivity contribution in [1.29, 1.82) is 0 Å². The van der Waals surface area contributed by atoms with Gasteiger partial charge in [-0.05, 0) is 38.0 Å². The second kappa shape index (κ2) is 5.35. The van der Waals surface area contributed by atoms with Gasteiger partial charge in [0.15, 0.2) is 0 Å². The van der Waals surface area contributed by atoms with Crippen LogP contribution in [-0.4, -0.2) is 25.5 Å². The second-order valence-electron chi connectivity index (χ2n) is 4.98. The average Bonchev–Trinajstić information content (AvgIpc) is 2.70. The van der Waals surface area contributed by atoms with E-state index in [4.69, 9.17) is 4.42 Å². The van der Waals surface area contributed by atoms with Gasteiger partial charge in [0.25, 0.3) is 0 Å². The van der Waals surface area contributed by atoms with E-state index in [1.165, 1.54) is 6.26 Å². The summed E-state index contributed by atoms with van der Waals surface area (Å²) < 4.78 is 27.6. The lowest BCUT2D eigenvalue weighted by atomic mass is 10.1. The number of furan rings is 1. The normalized spacial score (nSPS) is 13.8. The van der Waals surface area contributed by atoms with Gasteiger partial charge >= 0.3 is 0 Å². The molecule has 1 atom stereocenters. The van der Waals surface area contributed by atoms with Crippen molar-refractivity contribution in [1.82, 2.24) is 0 Å². The van der Waals surface area contributed by atoms with Crippen LogP contribution in [0.1, 0.15) is 30.3 Å². The number of fused-ring (bicyclic) bond motifs is 1. The fourth-order valence-corrected chi connectivity index (χ4v) is 2.72. The smallest absolute Gasteiger partial charge is 0.147 e. The predicted molar refractivity (Wildman–Crippen MR) is 74.9 cm³/mol. The minimum absolute atomic E-state index is 0.0867. The minimum Gasteiger partial charge on any atom is -0.458 e. The molecule has 1 aromatic heterocycles. The van der Waals surface area contributed by atoms with Crippen molar-refractivity contribution in [3.63, 3.8) is 0 Å². The Morgan fingerprint density at radius 1 is 1.32 bits per heavy atom. The SMILES string of the molecule is Cc1ccc2oc(C(O)CCCS(C)(=O)=O)cc2c1. The zero-order valence-electron chi connectivity index (χ0n) is 11.1. The van der Waals surface area contributed by atoms with E-state index in [1.54, 1.807) is 0 Å². The predicted octanol–water partition coefficient (Wildman–Crippen LogP) is 2.60. The van der Waals surface area contributed by atoms with Gasteiger partial charge in [0, 0.05) is 17.4 Å². The fraction of sp³-hybridized carbons (Fsp3) is 0.429. The van der Waals surface area contributed by atoms with Crippen molar-refractivity contribution in [3.05, 3.63) is 35.6 Å². The van der Waals surface area contributed by atoms with E-state index in [0.717, 1.165) is 16.5 Å². The molecule has 0 aliphatic heterocycles. The van der Waals surface area contributed by atoms with Crippen LogP contribution in [0.25, 0.3) is 11.0 Å². The lowest BCUT2D eigenvalue weighted by Gasteiger charge is -2.06. The zero-order valence-corrected chi connectivity index (χ0v) is 11.9. The molecule has 0 saturated carbocycles. The van der Waals surface area contributed by atoms with E-state index in [9.17, 15) is 13.5 Å². The summed E-state index contributed by atoms with van der Waals surface area (Å²) in [6, 6.07) is 7.63. The molecule has 1 aromatic carbocycles. The Morgan fingerprint density at radius 3 is 2.74 bits per heavy atom. The molecule has 4 nitrogen and oxygen atoms in total. The molecule has 1 N–H and O–H groups in total. The van der Waals surface area contributed by atoms with Crippen molar-refractivity contribution in [3.8, 4) is 0 Å². The van der Waals surface area contributed by atoms with E-state index in [2.05, 4.69) is 0 Å². The third-order valence-corrected chi connectivity index (χ3v) is 4.04. The van der Waals surface area contributed by atoms with Crippen molar-refractivity contribution < 1.29 is 17.9 Å². The number of sulfone groups is 1. The van der Waals surface area contributed by atoms with Gasteiger partial charge in [0.2, 0.25) is 0 Å². The van der Waals surface area contributed by atoms with Crippen LogP contribution in [0.5, 0.6) is 0 Å². The highest BCUT2D eigenvalue weighted by molar-refractivity contribution is 7.90. The monoisotopic (exact) mass is 282 g/mol. The molecule has 104 valence electrons. The average molecular weight is 282 g/mol. The molecule has 0 bridgehead atoms. The number of aliphatic hydroxyl groups excluding tert-OH is 1. The molecule has 5 heteroatoms. The van der Waals surface area contributed by atoms with E-state index < -0.39 is 15.9 Å². The first-order chi connectivity index (χ1) is 8.85. The highest BCUT2D eigenvalue weighted by Gasteiger charge is 2.14. The molecule has 0 saturated heterocycles. The summed E-state index contributed by atoms with van der Waals surface area (Å²) in [6.07, 6.45) is 1.25. The molecular weight excluding hydrogens is 264 g/mol. The first kappa shape index (κ1) is 14.1. The van der Waals surface area contributed by atoms with Crippen molar-refractivity contribution in [2.45, 2.75) is 25.9 Å². The van der Waals surface area contributed by atoms with Gasteiger partial charge in [0.1, 0.15) is 27.3 Å². The van der Waals surface area contributed by atoms with Gasteiger partial charge in [-0.3, -0.25) is 0 Å². The first-order valence-corrected chi connectivity index (χ1v) is 8.27. The molecule has 19 heavy (non-hydrogen) atoms. The Kier molecular flexibility index (Phi) is 3.96. The zero-order chi connectivity index (χ0) is 14.0. The fourth-order valence-electron chi connectivity index (χ4n) is 2.03. The van der Waals surface area contributed by atoms with E-state index >= 15 is 0 Å². The summed E-state index contributed by atoms with van der Waals surface area (Å²) in [7, 11) is -2.97. The van der Waals surface area contributed by atoms with Gasteiger partial charge in [-0.25, -0.2) is 8.42 Å². The largest absolute Gasteiger partial charge is 0.458 e. The number of benzene rings is 1. The summed E-state index contributed by atoms with van der Waals surface area (Å²) in [6.45, 7) is 1.99. The van der Waals surface area contributed by atoms with Crippen LogP contribution in [0.4, 0.5) is 0 Å². The lowest BCUT2D eigenvalue weighted by Crippen LogP contribution is -2.05. The van der Waals surface area contributed by atoms with Crippen LogP contribution < -0.4 is 0 Å². The standard InChI is InChI=1S/C14H18O4S/c1-10-5-6-13-11(8-10)9-14(18-13)12(15)4-3-7-19(2,16)17/h5-6,8-9,12,15H,3-4,7H2,1-2H3. The van der Waals surface area contributed by atoms with Crippen LogP contribution in [0.15, 0.2) is 28.7 Å². The number of hydrogen-bond donors (Lipinski definition) is 1. The molecule has 0 spiro atoms. The summed E-state index contributed by atoms with van der Waals surface area (Å²) in [5.74, 6) is 0.581. The lowest BCUT2D eigenvalue weighted by molar-refractivity contribution is 0.142. The molecule has 0 amide bonds. The summed E-state index contributed by atoms with van der Waals surface area (Å²) in [5, 5.41) is 11.0. The third kappa shape index (κ3) is 3.81. The maximum atomic E-state index is 11.0. The van der Waals surface area contributed by atoms with Gasteiger partial charge in [-0.15, -0.1) is 0 Å². The van der Waals surface area contributed by atoms with E-state index in [-0.39, 0.29) is 5.75 Å². The molecule has 0 aliphatic carbocycles. The third-order valence-electron chi connectivity index (χ3n) is 3.01. The second-order valence-corrected chi connectivity index (χ2v) is 7.24. The Morgan fingerprint density at radius 2 is 2.05 bits per heavy atom. The van der Waals surface area contributed by atoms with Gasteiger partial charge in [0.05, 0.1) is 0 Å². The summed E-state index contributed by atoms with van der Waals surface area (Å²) in [5.41, 5.74) is 1.87. The van der Waals surface area contributed by atoms with Gasteiger partial charge < -0.3 is 9.52 Å². The van der Waals surface area contributed by atoms with Crippen LogP contribution in [0.2, 0.25) is 0 Å². The quantitative estimate of drug-likeness (QED) is 0.915. The molecule has 1 heterocycles. The minimum atomic E-state index is -2.97. The molecule has 2 aromatic rings. The Bertz CT molecular complexity index is 670. The first-order valence-electron chi connectivity index (χ1n) is 6.21. The number of hydrogen-bond acceptors (Lipinski definition) is 4. The number of aryl methyl sites for hydroxylation is 1. The molecule has 0 fully saturated rings. The number of rotatable bonds is 5. The van der Waals surface area contributed by atoms with Crippen LogP contribution >= 0.6 is 0 Å². The van der Waals surface area contributed by atoms with Gasteiger partial charge in [-0.1, -0.05) is 11.6 Å². The van der Waals surface area contributed by atoms with E-state index in [1.807, 2.05) is 31.2 Å². The molecule has 0 radical (unpaired) electrons. The molecule has 1 unspecified atom stereocenters. The van der Waals surface area contributed by atoms with E-state index in [0.29, 0.717) is 18.6 Å². The van der Waals surface area contributed by atoms with Crippen molar-refractivity contribution in [2.24, 2.45) is 0 Å². The summed E-state index contributed by atoms with van der Waals surface area (Å²) in [4.78, 5) is 0. The maximum absolute atomic E-state index is 11.0. The maximum Gasteiger partial charge on any atom is 0.147 e. The topological polar surface area (TPSA) is 67.5 Å². The Balaban J connectivity index is 2.07. The summed E-state index contributed by atoms with van der Waals surface area (Å²) >= 11 is 0. The Labute approximate surface area is 113 Å². The van der Waals surface area contributed by atoms with Crippen molar-refractivity contribution in [2.75, 3.05) is 12.0 Å². The molecular formula is C14H18O4S. The highest BCUT2D eigenvalue weighted by atomic mass is 32.2. The van der Waals surface area contributed by atoms with Crippen LogP contribution in [-0.2, 0) is 9.84 Å². The highest BCUT2D eigenvalue weighted by Crippen LogP contribution is 2.27. The molecule has 2 rings (SSSR count). The van der Waals surface area contributed by atoms with Gasteiger partial charge in [-0.2, -0.15) is 0 Å². The van der Waals surface area contributed by atoms with Crippen LogP contribution in [0.3, 0.4) is 0 Å². The Hall–Kier alpha value is -1.33. The number of aliphatic hydroxyl groups is 1. The van der Waals surface area contributed by atoms with Crippen molar-refractivity contribution >= 4 is 20.8 Å². The molecule has 0 aliphatic rings. The van der Waals surface area contributed by atoms with Crippen LogP contribution in [0, 0.1) is 6.92 Å².